The summed E-state index contributed by atoms with van der Waals surface area (Å²) >= 11 is 1.71. The van der Waals surface area contributed by atoms with E-state index in [4.69, 9.17) is 9.72 Å². The van der Waals surface area contributed by atoms with Crippen molar-refractivity contribution < 1.29 is 9.53 Å². The van der Waals surface area contributed by atoms with Crippen molar-refractivity contribution in [3.63, 3.8) is 0 Å². The summed E-state index contributed by atoms with van der Waals surface area (Å²) in [6, 6.07) is 8.31. The summed E-state index contributed by atoms with van der Waals surface area (Å²) in [6.45, 7) is 9.18. The van der Waals surface area contributed by atoms with Gasteiger partial charge in [-0.05, 0) is 38.8 Å². The number of likely N-dealkylation sites (tertiary alicyclic amines) is 1. The molecule has 27 heavy (non-hydrogen) atoms. The molecule has 1 aromatic heterocycles. The van der Waals surface area contributed by atoms with E-state index in [0.717, 1.165) is 56.2 Å². The third-order valence-corrected chi connectivity index (χ3v) is 6.79. The topological polar surface area (TPSA) is 57.7 Å². The van der Waals surface area contributed by atoms with Crippen molar-refractivity contribution in [3.05, 3.63) is 29.3 Å². The average molecular weight is 389 g/mol. The number of carbonyl (C=O) groups excluding carboxylic acids is 1. The molecule has 1 atom stereocenters. The molecule has 1 aromatic carbocycles. The molecule has 1 unspecified atom stereocenters. The molecule has 0 bridgehead atoms. The Hall–Kier alpha value is -1.70. The standard InChI is InChI=1S/C20H28N4O2S/c1-20(2,23-10-12-26-13-11-23)14-21-19(25)24-9-5-7-16(24)18-22-15-6-3-4-8-17(15)27-18/h3-4,6,8,16H,5,7,9-14H2,1-2H3,(H,21,25). The van der Waals surface area contributed by atoms with Crippen LogP contribution in [-0.2, 0) is 4.74 Å². The Morgan fingerprint density at radius 2 is 2.07 bits per heavy atom. The van der Waals surface area contributed by atoms with Gasteiger partial charge in [0.15, 0.2) is 0 Å². The highest BCUT2D eigenvalue weighted by Gasteiger charge is 2.34. The van der Waals surface area contributed by atoms with Gasteiger partial charge in [-0.25, -0.2) is 9.78 Å². The van der Waals surface area contributed by atoms with Crippen LogP contribution in [0.3, 0.4) is 0 Å². The molecular formula is C20H28N4O2S. The van der Waals surface area contributed by atoms with Crippen molar-refractivity contribution in [2.45, 2.75) is 38.3 Å². The van der Waals surface area contributed by atoms with Gasteiger partial charge in [-0.2, -0.15) is 0 Å². The molecule has 0 radical (unpaired) electrons. The molecule has 1 N–H and O–H groups in total. The number of hydrogen-bond donors (Lipinski definition) is 1. The smallest absolute Gasteiger partial charge is 0.318 e. The monoisotopic (exact) mass is 388 g/mol. The highest BCUT2D eigenvalue weighted by molar-refractivity contribution is 7.18. The average Bonchev–Trinajstić information content (AvgIpc) is 3.33. The summed E-state index contributed by atoms with van der Waals surface area (Å²) < 4.78 is 6.63. The molecule has 2 aliphatic heterocycles. The van der Waals surface area contributed by atoms with Crippen molar-refractivity contribution in [2.75, 3.05) is 39.4 Å². The number of carbonyl (C=O) groups is 1. The number of amides is 2. The second kappa shape index (κ2) is 7.73. The molecule has 6 nitrogen and oxygen atoms in total. The van der Waals surface area contributed by atoms with Crippen LogP contribution in [0.15, 0.2) is 24.3 Å². The highest BCUT2D eigenvalue weighted by Crippen LogP contribution is 2.36. The van der Waals surface area contributed by atoms with E-state index in [2.05, 4.69) is 30.1 Å². The highest BCUT2D eigenvalue weighted by atomic mass is 32.1. The predicted molar refractivity (Wildman–Crippen MR) is 108 cm³/mol. The Morgan fingerprint density at radius 3 is 2.85 bits per heavy atom. The molecule has 2 amide bonds. The van der Waals surface area contributed by atoms with Gasteiger partial charge in [0.1, 0.15) is 5.01 Å². The molecule has 2 aromatic rings. The number of hydrogen-bond acceptors (Lipinski definition) is 5. The first-order valence-electron chi connectivity index (χ1n) is 9.77. The van der Waals surface area contributed by atoms with Crippen molar-refractivity contribution in [1.29, 1.82) is 0 Å². The molecule has 2 fully saturated rings. The second-order valence-corrected chi connectivity index (χ2v) is 9.00. The molecule has 3 heterocycles. The predicted octanol–water partition coefficient (Wildman–Crippen LogP) is 3.25. The van der Waals surface area contributed by atoms with E-state index in [1.807, 2.05) is 23.1 Å². The van der Waals surface area contributed by atoms with E-state index < -0.39 is 0 Å². The number of morpholine rings is 1. The maximum atomic E-state index is 12.9. The van der Waals surface area contributed by atoms with Gasteiger partial charge in [-0.1, -0.05) is 12.1 Å². The van der Waals surface area contributed by atoms with Gasteiger partial charge >= 0.3 is 6.03 Å². The van der Waals surface area contributed by atoms with Crippen LogP contribution in [0.25, 0.3) is 10.2 Å². The zero-order valence-electron chi connectivity index (χ0n) is 16.1. The number of fused-ring (bicyclic) bond motifs is 1. The molecule has 0 spiro atoms. The fourth-order valence-electron chi connectivity index (χ4n) is 3.97. The largest absolute Gasteiger partial charge is 0.379 e. The van der Waals surface area contributed by atoms with Crippen molar-refractivity contribution in [2.24, 2.45) is 0 Å². The number of urea groups is 1. The van der Waals surface area contributed by atoms with Crippen LogP contribution < -0.4 is 5.32 Å². The zero-order valence-corrected chi connectivity index (χ0v) is 16.9. The minimum atomic E-state index is -0.0788. The first-order valence-corrected chi connectivity index (χ1v) is 10.6. The van der Waals surface area contributed by atoms with Crippen LogP contribution in [0.2, 0.25) is 0 Å². The van der Waals surface area contributed by atoms with Crippen molar-refractivity contribution in [1.82, 2.24) is 20.1 Å². The summed E-state index contributed by atoms with van der Waals surface area (Å²) in [5, 5.41) is 4.23. The molecule has 2 saturated heterocycles. The number of benzene rings is 1. The molecule has 0 aliphatic carbocycles. The molecule has 146 valence electrons. The van der Waals surface area contributed by atoms with Gasteiger partial charge in [0.2, 0.25) is 0 Å². The summed E-state index contributed by atoms with van der Waals surface area (Å²) in [6.07, 6.45) is 2.01. The van der Waals surface area contributed by atoms with Crippen LogP contribution in [0.1, 0.15) is 37.7 Å². The van der Waals surface area contributed by atoms with Crippen LogP contribution in [0.4, 0.5) is 4.79 Å². The van der Waals surface area contributed by atoms with Gasteiger partial charge in [-0.3, -0.25) is 4.90 Å². The van der Waals surface area contributed by atoms with Crippen LogP contribution in [0, 0.1) is 0 Å². The number of para-hydroxylation sites is 1. The fourth-order valence-corrected chi connectivity index (χ4v) is 5.09. The SMILES string of the molecule is CC(C)(CNC(=O)N1CCCC1c1nc2ccccc2s1)N1CCOCC1. The normalized spacial score (nSPS) is 21.7. The second-order valence-electron chi connectivity index (χ2n) is 7.94. The lowest BCUT2D eigenvalue weighted by molar-refractivity contribution is -0.00907. The van der Waals surface area contributed by atoms with E-state index >= 15 is 0 Å². The van der Waals surface area contributed by atoms with E-state index in [1.165, 1.54) is 4.70 Å². The molecule has 0 saturated carbocycles. The summed E-state index contributed by atoms with van der Waals surface area (Å²) in [4.78, 5) is 22.1. The molecular weight excluding hydrogens is 360 g/mol. The summed E-state index contributed by atoms with van der Waals surface area (Å²) in [7, 11) is 0. The number of ether oxygens (including phenoxy) is 1. The number of thiazole rings is 1. The minimum absolute atomic E-state index is 0.0260. The number of nitrogens with zero attached hydrogens (tertiary/aromatic N) is 3. The van der Waals surface area contributed by atoms with Crippen LogP contribution in [-0.4, -0.2) is 65.7 Å². The Kier molecular flexibility index (Phi) is 5.34. The van der Waals surface area contributed by atoms with E-state index in [-0.39, 0.29) is 17.6 Å². The van der Waals surface area contributed by atoms with Crippen molar-refractivity contribution in [3.8, 4) is 0 Å². The van der Waals surface area contributed by atoms with E-state index in [1.54, 1.807) is 11.3 Å². The van der Waals surface area contributed by atoms with Gasteiger partial charge in [-0.15, -0.1) is 11.3 Å². The van der Waals surface area contributed by atoms with E-state index in [9.17, 15) is 4.79 Å². The lowest BCUT2D eigenvalue weighted by Gasteiger charge is -2.41. The third-order valence-electron chi connectivity index (χ3n) is 5.65. The Bertz CT molecular complexity index is 767. The Labute approximate surface area is 164 Å². The first-order chi connectivity index (χ1) is 13.0. The van der Waals surface area contributed by atoms with Gasteiger partial charge in [0.05, 0.1) is 29.5 Å². The zero-order chi connectivity index (χ0) is 18.9. The minimum Gasteiger partial charge on any atom is -0.379 e. The lowest BCUT2D eigenvalue weighted by Crippen LogP contribution is -2.56. The number of nitrogens with one attached hydrogen (secondary N) is 1. The summed E-state index contributed by atoms with van der Waals surface area (Å²) in [5.41, 5.74) is 0.947. The summed E-state index contributed by atoms with van der Waals surface area (Å²) in [5.74, 6) is 0. The maximum Gasteiger partial charge on any atom is 0.318 e. The van der Waals surface area contributed by atoms with Crippen molar-refractivity contribution >= 4 is 27.6 Å². The molecule has 4 rings (SSSR count). The molecule has 2 aliphatic rings. The number of aromatic nitrogens is 1. The quantitative estimate of drug-likeness (QED) is 0.874. The third kappa shape index (κ3) is 3.95. The lowest BCUT2D eigenvalue weighted by atomic mass is 10.0. The maximum absolute atomic E-state index is 12.9. The van der Waals surface area contributed by atoms with Crippen LogP contribution in [0.5, 0.6) is 0 Å². The Morgan fingerprint density at radius 1 is 1.30 bits per heavy atom. The van der Waals surface area contributed by atoms with Gasteiger partial charge in [0, 0.05) is 31.7 Å². The van der Waals surface area contributed by atoms with Gasteiger partial charge in [0.25, 0.3) is 0 Å². The van der Waals surface area contributed by atoms with E-state index in [0.29, 0.717) is 6.54 Å². The molecule has 7 heteroatoms. The fraction of sp³-hybridized carbons (Fsp3) is 0.600. The number of rotatable bonds is 4. The van der Waals surface area contributed by atoms with Crippen LogP contribution >= 0.6 is 11.3 Å². The Balaban J connectivity index is 1.41. The van der Waals surface area contributed by atoms with Gasteiger partial charge < -0.3 is 15.0 Å². The first kappa shape index (κ1) is 18.7.